The Hall–Kier alpha value is -2.58. The van der Waals surface area contributed by atoms with E-state index >= 15 is 0 Å². The summed E-state index contributed by atoms with van der Waals surface area (Å²) in [5, 5.41) is 4.51. The van der Waals surface area contributed by atoms with Crippen LogP contribution in [-0.4, -0.2) is 35.0 Å². The van der Waals surface area contributed by atoms with Gasteiger partial charge in [0.25, 0.3) is 5.91 Å². The molecule has 1 saturated heterocycles. The molecule has 1 unspecified atom stereocenters. The zero-order valence-corrected chi connectivity index (χ0v) is 13.2. The highest BCUT2D eigenvalue weighted by Crippen LogP contribution is 2.28. The summed E-state index contributed by atoms with van der Waals surface area (Å²) < 4.78 is 37.4. The van der Waals surface area contributed by atoms with Crippen LogP contribution < -0.4 is 10.6 Å². The molecule has 2 N–H and O–H groups in total. The number of alkyl halides is 3. The number of nitrogens with one attached hydrogen (secondary N) is 2. The number of imide groups is 1. The molecule has 0 bridgehead atoms. The van der Waals surface area contributed by atoms with Crippen molar-refractivity contribution in [3.05, 3.63) is 34.9 Å². The number of hydrogen-bond acceptors (Lipinski definition) is 3. The number of rotatable bonds is 4. The Bertz CT molecular complexity index is 733. The molecule has 2 aliphatic rings. The second-order valence-electron chi connectivity index (χ2n) is 6.20. The molecule has 0 radical (unpaired) electrons. The maximum atomic E-state index is 12.5. The van der Waals surface area contributed by atoms with Crippen molar-refractivity contribution in [2.75, 3.05) is 0 Å². The minimum Gasteiger partial charge on any atom is -0.334 e. The van der Waals surface area contributed by atoms with Gasteiger partial charge in [-0.1, -0.05) is 18.2 Å². The number of benzene rings is 1. The van der Waals surface area contributed by atoms with E-state index in [0.717, 1.165) is 5.56 Å². The van der Waals surface area contributed by atoms with Gasteiger partial charge in [0.15, 0.2) is 0 Å². The summed E-state index contributed by atoms with van der Waals surface area (Å²) in [6.07, 6.45) is -5.01. The van der Waals surface area contributed by atoms with E-state index in [-0.39, 0.29) is 30.9 Å². The third kappa shape index (κ3) is 4.09. The summed E-state index contributed by atoms with van der Waals surface area (Å²) in [6, 6.07) is 3.24. The van der Waals surface area contributed by atoms with Crippen molar-refractivity contribution >= 4 is 17.8 Å². The van der Waals surface area contributed by atoms with Gasteiger partial charge in [-0.2, -0.15) is 13.2 Å². The summed E-state index contributed by atoms with van der Waals surface area (Å²) in [6.45, 7) is 0.590. The standard InChI is InChI=1S/C16H16F3N3O3/c17-16(18,19)6-9-1-2-10-7-22(8-11(10)5-9)13(23)4-3-12-14(24)21-15(25)20-12/h1-2,5,12H,3-4,6-8H2,(H2,20,21,24,25). The Labute approximate surface area is 141 Å². The van der Waals surface area contributed by atoms with Crippen LogP contribution in [0.25, 0.3) is 0 Å². The van der Waals surface area contributed by atoms with Gasteiger partial charge >= 0.3 is 12.2 Å². The van der Waals surface area contributed by atoms with Crippen LogP contribution in [0.15, 0.2) is 18.2 Å². The van der Waals surface area contributed by atoms with Gasteiger partial charge in [0.05, 0.1) is 6.42 Å². The predicted octanol–water partition coefficient (Wildman–Crippen LogP) is 1.62. The van der Waals surface area contributed by atoms with Crippen LogP contribution in [0, 0.1) is 0 Å². The fraction of sp³-hybridized carbons (Fsp3) is 0.438. The molecule has 1 aromatic rings. The zero-order valence-electron chi connectivity index (χ0n) is 13.2. The molecule has 2 aliphatic heterocycles. The number of urea groups is 1. The Morgan fingerprint density at radius 1 is 1.20 bits per heavy atom. The average Bonchev–Trinajstić information content (AvgIpc) is 3.05. The molecule has 0 spiro atoms. The number of fused-ring (bicyclic) bond motifs is 1. The van der Waals surface area contributed by atoms with Crippen LogP contribution in [0.2, 0.25) is 0 Å². The number of halogens is 3. The molecular formula is C16H16F3N3O3. The van der Waals surface area contributed by atoms with Gasteiger partial charge in [0.1, 0.15) is 6.04 Å². The van der Waals surface area contributed by atoms with Crippen molar-refractivity contribution in [2.24, 2.45) is 0 Å². The first-order chi connectivity index (χ1) is 11.7. The van der Waals surface area contributed by atoms with Gasteiger partial charge in [-0.3, -0.25) is 14.9 Å². The summed E-state index contributed by atoms with van der Waals surface area (Å²) in [7, 11) is 0. The van der Waals surface area contributed by atoms with Crippen LogP contribution in [0.1, 0.15) is 29.5 Å². The van der Waals surface area contributed by atoms with Gasteiger partial charge in [-0.15, -0.1) is 0 Å². The van der Waals surface area contributed by atoms with Crippen LogP contribution in [-0.2, 0) is 29.1 Å². The first-order valence-electron chi connectivity index (χ1n) is 7.78. The van der Waals surface area contributed by atoms with Crippen LogP contribution in [0.4, 0.5) is 18.0 Å². The summed E-state index contributed by atoms with van der Waals surface area (Å²) >= 11 is 0. The molecule has 9 heteroatoms. The van der Waals surface area contributed by atoms with Crippen molar-refractivity contribution in [1.29, 1.82) is 0 Å². The third-order valence-corrected chi connectivity index (χ3v) is 4.26. The first kappa shape index (κ1) is 17.2. The Morgan fingerprint density at radius 2 is 1.92 bits per heavy atom. The molecule has 1 aromatic carbocycles. The van der Waals surface area contributed by atoms with Crippen LogP contribution >= 0.6 is 0 Å². The first-order valence-corrected chi connectivity index (χ1v) is 7.78. The second-order valence-corrected chi connectivity index (χ2v) is 6.20. The molecular weight excluding hydrogens is 339 g/mol. The zero-order chi connectivity index (χ0) is 18.2. The molecule has 25 heavy (non-hydrogen) atoms. The molecule has 134 valence electrons. The lowest BCUT2D eigenvalue weighted by Gasteiger charge is -2.16. The van der Waals surface area contributed by atoms with Gasteiger partial charge in [0.2, 0.25) is 5.91 Å². The third-order valence-electron chi connectivity index (χ3n) is 4.26. The highest BCUT2D eigenvalue weighted by Gasteiger charge is 2.32. The molecule has 0 aliphatic carbocycles. The monoisotopic (exact) mass is 355 g/mol. The maximum absolute atomic E-state index is 12.5. The number of amides is 4. The van der Waals surface area contributed by atoms with Crippen LogP contribution in [0.5, 0.6) is 0 Å². The van der Waals surface area contributed by atoms with Crippen molar-refractivity contribution < 1.29 is 27.6 Å². The van der Waals surface area contributed by atoms with Crippen molar-refractivity contribution in [3.63, 3.8) is 0 Å². The minimum atomic E-state index is -4.27. The summed E-state index contributed by atoms with van der Waals surface area (Å²) in [4.78, 5) is 36.3. The molecule has 3 rings (SSSR count). The van der Waals surface area contributed by atoms with Gasteiger partial charge < -0.3 is 10.2 Å². The van der Waals surface area contributed by atoms with E-state index in [1.165, 1.54) is 17.0 Å². The van der Waals surface area contributed by atoms with E-state index in [2.05, 4.69) is 10.6 Å². The second kappa shape index (κ2) is 6.38. The van der Waals surface area contributed by atoms with Gasteiger partial charge in [-0.05, 0) is 23.1 Å². The number of nitrogens with zero attached hydrogens (tertiary/aromatic N) is 1. The number of carbonyl (C=O) groups excluding carboxylic acids is 3. The van der Waals surface area contributed by atoms with Gasteiger partial charge in [-0.25, -0.2) is 4.79 Å². The molecule has 0 saturated carbocycles. The Kier molecular flexibility index (Phi) is 4.40. The lowest BCUT2D eigenvalue weighted by Crippen LogP contribution is -2.32. The molecule has 2 heterocycles. The van der Waals surface area contributed by atoms with Crippen molar-refractivity contribution in [2.45, 2.75) is 44.6 Å². The van der Waals surface area contributed by atoms with Crippen molar-refractivity contribution in [3.8, 4) is 0 Å². The van der Waals surface area contributed by atoms with E-state index in [1.807, 2.05) is 0 Å². The maximum Gasteiger partial charge on any atom is 0.393 e. The normalized spacial score (nSPS) is 19.6. The fourth-order valence-corrected chi connectivity index (χ4v) is 3.05. The number of hydrogen-bond donors (Lipinski definition) is 2. The lowest BCUT2D eigenvalue weighted by molar-refractivity contribution is -0.132. The van der Waals surface area contributed by atoms with Gasteiger partial charge in [0, 0.05) is 19.5 Å². The van der Waals surface area contributed by atoms with Crippen molar-refractivity contribution in [1.82, 2.24) is 15.5 Å². The molecule has 0 aromatic heterocycles. The minimum absolute atomic E-state index is 0.0712. The predicted molar refractivity (Wildman–Crippen MR) is 80.2 cm³/mol. The van der Waals surface area contributed by atoms with E-state index in [9.17, 15) is 27.6 Å². The quantitative estimate of drug-likeness (QED) is 0.806. The highest BCUT2D eigenvalue weighted by molar-refractivity contribution is 6.04. The van der Waals surface area contributed by atoms with E-state index in [4.69, 9.17) is 0 Å². The molecule has 6 nitrogen and oxygen atoms in total. The number of carbonyl (C=O) groups is 3. The summed E-state index contributed by atoms with van der Waals surface area (Å²) in [5.41, 5.74) is 1.71. The Morgan fingerprint density at radius 3 is 2.56 bits per heavy atom. The SMILES string of the molecule is O=C1NC(=O)C(CCC(=O)N2Cc3ccc(CC(F)(F)F)cc3C2)N1. The molecule has 1 atom stereocenters. The van der Waals surface area contributed by atoms with E-state index in [1.54, 1.807) is 6.07 Å². The molecule has 4 amide bonds. The van der Waals surface area contributed by atoms with E-state index in [0.29, 0.717) is 12.1 Å². The highest BCUT2D eigenvalue weighted by atomic mass is 19.4. The van der Waals surface area contributed by atoms with E-state index < -0.39 is 30.6 Å². The lowest BCUT2D eigenvalue weighted by atomic mass is 10.0. The topological polar surface area (TPSA) is 78.5 Å². The average molecular weight is 355 g/mol. The Balaban J connectivity index is 1.57. The smallest absolute Gasteiger partial charge is 0.334 e. The molecule has 1 fully saturated rings. The fourth-order valence-electron chi connectivity index (χ4n) is 3.05. The largest absolute Gasteiger partial charge is 0.393 e. The van der Waals surface area contributed by atoms with Crippen LogP contribution in [0.3, 0.4) is 0 Å². The summed E-state index contributed by atoms with van der Waals surface area (Å²) in [5.74, 6) is -0.665.